The predicted molar refractivity (Wildman–Crippen MR) is 104 cm³/mol. The van der Waals surface area contributed by atoms with Gasteiger partial charge in [-0.05, 0) is 36.4 Å². The zero-order valence-corrected chi connectivity index (χ0v) is 15.6. The van der Waals surface area contributed by atoms with Crippen molar-refractivity contribution < 1.29 is 18.7 Å². The van der Waals surface area contributed by atoms with Crippen LogP contribution >= 0.6 is 11.3 Å². The van der Waals surface area contributed by atoms with Crippen LogP contribution in [0.4, 0.5) is 20.9 Å². The van der Waals surface area contributed by atoms with E-state index in [4.69, 9.17) is 9.47 Å². The van der Waals surface area contributed by atoms with E-state index in [1.54, 1.807) is 42.8 Å². The van der Waals surface area contributed by atoms with Gasteiger partial charge in [0, 0.05) is 17.1 Å². The Morgan fingerprint density at radius 3 is 2.63 bits per heavy atom. The molecular weight excluding hydrogens is 369 g/mol. The molecule has 0 aliphatic carbocycles. The Morgan fingerprint density at radius 2 is 1.93 bits per heavy atom. The molecule has 27 heavy (non-hydrogen) atoms. The molecule has 1 amide bonds. The van der Waals surface area contributed by atoms with Crippen molar-refractivity contribution in [2.24, 2.45) is 0 Å². The summed E-state index contributed by atoms with van der Waals surface area (Å²) in [7, 11) is 3.09. The number of nitrogens with one attached hydrogen (secondary N) is 2. The lowest BCUT2D eigenvalue weighted by Crippen LogP contribution is -2.15. The molecule has 2 aromatic carbocycles. The smallest absolute Gasteiger partial charge is 0.230 e. The molecule has 140 valence electrons. The summed E-state index contributed by atoms with van der Waals surface area (Å²) in [5, 5.41) is 8.32. The van der Waals surface area contributed by atoms with Gasteiger partial charge in [-0.3, -0.25) is 4.79 Å². The Labute approximate surface area is 160 Å². The first-order chi connectivity index (χ1) is 13.1. The van der Waals surface area contributed by atoms with Crippen LogP contribution in [0.1, 0.15) is 5.69 Å². The van der Waals surface area contributed by atoms with E-state index in [0.717, 1.165) is 5.69 Å². The zero-order valence-electron chi connectivity index (χ0n) is 14.8. The largest absolute Gasteiger partial charge is 0.497 e. The first kappa shape index (κ1) is 18.7. The van der Waals surface area contributed by atoms with Gasteiger partial charge in [0.25, 0.3) is 0 Å². The monoisotopic (exact) mass is 387 g/mol. The molecule has 0 aliphatic rings. The maximum Gasteiger partial charge on any atom is 0.230 e. The third-order valence-electron chi connectivity index (χ3n) is 3.67. The summed E-state index contributed by atoms with van der Waals surface area (Å²) < 4.78 is 23.4. The Balaban J connectivity index is 1.61. The molecule has 0 atom stereocenters. The van der Waals surface area contributed by atoms with Crippen LogP contribution in [0, 0.1) is 5.82 Å². The number of nitrogens with zero attached hydrogens (tertiary/aromatic N) is 1. The van der Waals surface area contributed by atoms with Crippen LogP contribution in [-0.4, -0.2) is 25.1 Å². The first-order valence-corrected chi connectivity index (χ1v) is 8.94. The molecular formula is C19H18FN3O3S. The fraction of sp³-hybridized carbons (Fsp3) is 0.158. The van der Waals surface area contributed by atoms with Crippen molar-refractivity contribution in [3.05, 3.63) is 59.4 Å². The van der Waals surface area contributed by atoms with Crippen molar-refractivity contribution in [3.63, 3.8) is 0 Å². The van der Waals surface area contributed by atoms with Crippen LogP contribution in [-0.2, 0) is 11.2 Å². The van der Waals surface area contributed by atoms with Gasteiger partial charge in [0.1, 0.15) is 17.3 Å². The summed E-state index contributed by atoms with van der Waals surface area (Å²) >= 11 is 1.37. The third-order valence-corrected chi connectivity index (χ3v) is 4.48. The predicted octanol–water partition coefficient (Wildman–Crippen LogP) is 4.22. The average Bonchev–Trinajstić information content (AvgIpc) is 3.10. The molecule has 0 bridgehead atoms. The van der Waals surface area contributed by atoms with Gasteiger partial charge in [0.2, 0.25) is 5.91 Å². The lowest BCUT2D eigenvalue weighted by atomic mass is 10.2. The van der Waals surface area contributed by atoms with Gasteiger partial charge in [0.05, 0.1) is 32.0 Å². The van der Waals surface area contributed by atoms with Crippen LogP contribution in [0.15, 0.2) is 47.8 Å². The average molecular weight is 387 g/mol. The van der Waals surface area contributed by atoms with Gasteiger partial charge in [-0.2, -0.15) is 0 Å². The lowest BCUT2D eigenvalue weighted by Gasteiger charge is -2.11. The van der Waals surface area contributed by atoms with Crippen molar-refractivity contribution in [3.8, 4) is 11.5 Å². The quantitative estimate of drug-likeness (QED) is 0.635. The number of hydrogen-bond donors (Lipinski definition) is 2. The Hall–Kier alpha value is -3.13. The van der Waals surface area contributed by atoms with E-state index in [-0.39, 0.29) is 18.1 Å². The highest BCUT2D eigenvalue weighted by atomic mass is 32.1. The molecule has 3 aromatic rings. The van der Waals surface area contributed by atoms with E-state index in [1.807, 2.05) is 0 Å². The molecule has 1 aromatic heterocycles. The van der Waals surface area contributed by atoms with Crippen LogP contribution < -0.4 is 20.1 Å². The molecule has 0 saturated carbocycles. The minimum absolute atomic E-state index is 0.122. The van der Waals surface area contributed by atoms with E-state index in [0.29, 0.717) is 28.0 Å². The molecule has 1 heterocycles. The number of rotatable bonds is 7. The van der Waals surface area contributed by atoms with E-state index >= 15 is 0 Å². The van der Waals surface area contributed by atoms with Crippen molar-refractivity contribution in [2.45, 2.75) is 6.42 Å². The normalized spacial score (nSPS) is 10.3. The molecule has 0 spiro atoms. The van der Waals surface area contributed by atoms with Crippen molar-refractivity contribution in [1.82, 2.24) is 4.98 Å². The Bertz CT molecular complexity index is 928. The molecule has 0 radical (unpaired) electrons. The molecule has 0 unspecified atom stereocenters. The number of methoxy groups -OCH3 is 2. The van der Waals surface area contributed by atoms with Gasteiger partial charge >= 0.3 is 0 Å². The Morgan fingerprint density at radius 1 is 1.15 bits per heavy atom. The number of benzene rings is 2. The lowest BCUT2D eigenvalue weighted by molar-refractivity contribution is -0.115. The summed E-state index contributed by atoms with van der Waals surface area (Å²) in [6.45, 7) is 0. The van der Waals surface area contributed by atoms with E-state index in [9.17, 15) is 9.18 Å². The molecule has 0 fully saturated rings. The standard InChI is InChI=1S/C19H18FN3O3S/c1-25-15-7-8-16(17(10-15)26-2)23-18(24)9-14-11-27-19(22-14)21-13-5-3-12(20)4-6-13/h3-8,10-11H,9H2,1-2H3,(H,21,22)(H,23,24). The number of hydrogen-bond acceptors (Lipinski definition) is 6. The summed E-state index contributed by atoms with van der Waals surface area (Å²) in [5.41, 5.74) is 1.92. The minimum Gasteiger partial charge on any atom is -0.497 e. The second-order valence-corrected chi connectivity index (χ2v) is 6.43. The molecule has 2 N–H and O–H groups in total. The van der Waals surface area contributed by atoms with Crippen LogP contribution in [0.25, 0.3) is 0 Å². The number of ether oxygens (including phenoxy) is 2. The highest BCUT2D eigenvalue weighted by molar-refractivity contribution is 7.13. The van der Waals surface area contributed by atoms with Crippen molar-refractivity contribution in [2.75, 3.05) is 24.9 Å². The van der Waals surface area contributed by atoms with Crippen LogP contribution in [0.5, 0.6) is 11.5 Å². The zero-order chi connectivity index (χ0) is 19.2. The van der Waals surface area contributed by atoms with Crippen LogP contribution in [0.3, 0.4) is 0 Å². The maximum absolute atomic E-state index is 12.9. The molecule has 6 nitrogen and oxygen atoms in total. The number of anilines is 3. The second kappa shape index (κ2) is 8.50. The highest BCUT2D eigenvalue weighted by Gasteiger charge is 2.12. The number of carbonyl (C=O) groups excluding carboxylic acids is 1. The summed E-state index contributed by atoms with van der Waals surface area (Å²) in [5.74, 6) is 0.642. The van der Waals surface area contributed by atoms with Gasteiger partial charge in [-0.1, -0.05) is 0 Å². The SMILES string of the molecule is COc1ccc(NC(=O)Cc2csc(Nc3ccc(F)cc3)n2)c(OC)c1. The van der Waals surface area contributed by atoms with Crippen molar-refractivity contribution in [1.29, 1.82) is 0 Å². The van der Waals surface area contributed by atoms with Crippen molar-refractivity contribution >= 4 is 33.8 Å². The number of aromatic nitrogens is 1. The van der Waals surface area contributed by atoms with Gasteiger partial charge in [-0.15, -0.1) is 11.3 Å². The second-order valence-electron chi connectivity index (χ2n) is 5.57. The Kier molecular flexibility index (Phi) is 5.87. The first-order valence-electron chi connectivity index (χ1n) is 8.06. The topological polar surface area (TPSA) is 72.5 Å². The van der Waals surface area contributed by atoms with E-state index in [1.165, 1.54) is 30.6 Å². The molecule has 0 saturated heterocycles. The summed E-state index contributed by atoms with van der Waals surface area (Å²) in [6.07, 6.45) is 0.122. The highest BCUT2D eigenvalue weighted by Crippen LogP contribution is 2.29. The third kappa shape index (κ3) is 4.95. The fourth-order valence-electron chi connectivity index (χ4n) is 2.36. The minimum atomic E-state index is -0.300. The number of carbonyl (C=O) groups is 1. The number of halogens is 1. The summed E-state index contributed by atoms with van der Waals surface area (Å²) in [4.78, 5) is 16.7. The fourth-order valence-corrected chi connectivity index (χ4v) is 3.09. The molecule has 8 heteroatoms. The van der Waals surface area contributed by atoms with Gasteiger partial charge < -0.3 is 20.1 Å². The van der Waals surface area contributed by atoms with Gasteiger partial charge in [-0.25, -0.2) is 9.37 Å². The van der Waals surface area contributed by atoms with Gasteiger partial charge in [0.15, 0.2) is 5.13 Å². The van der Waals surface area contributed by atoms with Crippen LogP contribution in [0.2, 0.25) is 0 Å². The number of amides is 1. The number of thiazole rings is 1. The molecule has 3 rings (SSSR count). The van der Waals surface area contributed by atoms with E-state index in [2.05, 4.69) is 15.6 Å². The maximum atomic E-state index is 12.9. The summed E-state index contributed by atoms with van der Waals surface area (Å²) in [6, 6.07) is 11.1. The van der Waals surface area contributed by atoms with E-state index < -0.39 is 0 Å². The molecule has 0 aliphatic heterocycles.